The zero-order valence-electron chi connectivity index (χ0n) is 11.7. The Morgan fingerprint density at radius 1 is 1.53 bits per heavy atom. The lowest BCUT2D eigenvalue weighted by atomic mass is 9.96. The Hall–Kier alpha value is -1.13. The fraction of sp³-hybridized carbons (Fsp3) is 0.600. The van der Waals surface area contributed by atoms with E-state index in [1.165, 1.54) is 20.0 Å². The summed E-state index contributed by atoms with van der Waals surface area (Å²) in [6.07, 6.45) is 2.46. The number of hydrogen-bond donors (Lipinski definition) is 1. The fourth-order valence-electron chi connectivity index (χ4n) is 2.89. The molecule has 2 N–H and O–H groups in total. The van der Waals surface area contributed by atoms with Crippen molar-refractivity contribution in [1.82, 2.24) is 4.90 Å². The molecule has 19 heavy (non-hydrogen) atoms. The van der Waals surface area contributed by atoms with Crippen LogP contribution >= 0.6 is 0 Å². The average molecular weight is 266 g/mol. The summed E-state index contributed by atoms with van der Waals surface area (Å²) in [5.41, 5.74) is 6.85. The number of ether oxygens (including phenoxy) is 1. The van der Waals surface area contributed by atoms with Crippen LogP contribution in [0.3, 0.4) is 0 Å². The quantitative estimate of drug-likeness (QED) is 0.910. The van der Waals surface area contributed by atoms with Gasteiger partial charge in [0.05, 0.1) is 7.11 Å². The zero-order valence-corrected chi connectivity index (χ0v) is 11.7. The van der Waals surface area contributed by atoms with Gasteiger partial charge in [0.15, 0.2) is 11.6 Å². The predicted octanol–water partition coefficient (Wildman–Crippen LogP) is 2.57. The van der Waals surface area contributed by atoms with Gasteiger partial charge in [0.2, 0.25) is 0 Å². The summed E-state index contributed by atoms with van der Waals surface area (Å²) in [7, 11) is 1.48. The third kappa shape index (κ3) is 3.25. The minimum absolute atomic E-state index is 0.100. The van der Waals surface area contributed by atoms with Crippen molar-refractivity contribution in [1.29, 1.82) is 0 Å². The van der Waals surface area contributed by atoms with Crippen LogP contribution in [0.5, 0.6) is 5.75 Å². The number of nitrogens with two attached hydrogens (primary N) is 1. The smallest absolute Gasteiger partial charge is 0.165 e. The number of nitrogens with zero attached hydrogens (tertiary/aromatic N) is 1. The normalized spacial score (nSPS) is 22.2. The maximum atomic E-state index is 13.8. The van der Waals surface area contributed by atoms with E-state index in [-0.39, 0.29) is 17.6 Å². The van der Waals surface area contributed by atoms with E-state index in [1.54, 1.807) is 12.1 Å². The molecule has 0 saturated carbocycles. The standard InChI is InChI=1S/C15H23FN2O/c1-11-4-3-7-18(10-11)14(9-17)12-5-6-15(19-2)13(16)8-12/h5-6,8,11,14H,3-4,7,9-10,17H2,1-2H3. The lowest BCUT2D eigenvalue weighted by Crippen LogP contribution is -2.40. The molecule has 1 saturated heterocycles. The van der Waals surface area contributed by atoms with Gasteiger partial charge < -0.3 is 10.5 Å². The van der Waals surface area contributed by atoms with Crippen LogP contribution in [0.15, 0.2) is 18.2 Å². The predicted molar refractivity (Wildman–Crippen MR) is 74.7 cm³/mol. The number of piperidine rings is 1. The highest BCUT2D eigenvalue weighted by Crippen LogP contribution is 2.28. The van der Waals surface area contributed by atoms with E-state index in [2.05, 4.69) is 11.8 Å². The molecule has 4 heteroatoms. The van der Waals surface area contributed by atoms with Gasteiger partial charge in [-0.2, -0.15) is 0 Å². The topological polar surface area (TPSA) is 38.5 Å². The van der Waals surface area contributed by atoms with Crippen LogP contribution < -0.4 is 10.5 Å². The third-order valence-electron chi connectivity index (χ3n) is 3.91. The van der Waals surface area contributed by atoms with Gasteiger partial charge in [-0.25, -0.2) is 4.39 Å². The van der Waals surface area contributed by atoms with Crippen LogP contribution in [-0.2, 0) is 0 Å². The summed E-state index contributed by atoms with van der Waals surface area (Å²) < 4.78 is 18.8. The van der Waals surface area contributed by atoms with Crippen molar-refractivity contribution in [2.45, 2.75) is 25.8 Å². The Kier molecular flexibility index (Phi) is 4.77. The van der Waals surface area contributed by atoms with Gasteiger partial charge in [0.25, 0.3) is 0 Å². The summed E-state index contributed by atoms with van der Waals surface area (Å²) in [5, 5.41) is 0. The summed E-state index contributed by atoms with van der Waals surface area (Å²) >= 11 is 0. The third-order valence-corrected chi connectivity index (χ3v) is 3.91. The Labute approximate surface area is 114 Å². The van der Waals surface area contributed by atoms with Gasteiger partial charge >= 0.3 is 0 Å². The number of rotatable bonds is 4. The van der Waals surface area contributed by atoms with E-state index in [4.69, 9.17) is 10.5 Å². The van der Waals surface area contributed by atoms with E-state index in [1.807, 2.05) is 6.07 Å². The minimum Gasteiger partial charge on any atom is -0.494 e. The maximum Gasteiger partial charge on any atom is 0.165 e. The molecule has 0 aliphatic carbocycles. The van der Waals surface area contributed by atoms with Crippen molar-refractivity contribution >= 4 is 0 Å². The highest BCUT2D eigenvalue weighted by atomic mass is 19.1. The molecule has 1 fully saturated rings. The van der Waals surface area contributed by atoms with Gasteiger partial charge in [0.1, 0.15) is 0 Å². The number of likely N-dealkylation sites (tertiary alicyclic amines) is 1. The van der Waals surface area contributed by atoms with Gasteiger partial charge in [-0.15, -0.1) is 0 Å². The number of hydrogen-bond acceptors (Lipinski definition) is 3. The van der Waals surface area contributed by atoms with E-state index in [0.29, 0.717) is 12.5 Å². The summed E-state index contributed by atoms with van der Waals surface area (Å²) in [6.45, 7) is 4.85. The van der Waals surface area contributed by atoms with Crippen molar-refractivity contribution in [2.75, 3.05) is 26.7 Å². The number of benzene rings is 1. The summed E-state index contributed by atoms with van der Waals surface area (Å²) in [4.78, 5) is 2.37. The maximum absolute atomic E-state index is 13.8. The highest BCUT2D eigenvalue weighted by Gasteiger charge is 2.24. The van der Waals surface area contributed by atoms with Crippen LogP contribution in [0.25, 0.3) is 0 Å². The van der Waals surface area contributed by atoms with Crippen LogP contribution in [0.2, 0.25) is 0 Å². The first-order valence-electron chi connectivity index (χ1n) is 6.93. The number of halogens is 1. The molecule has 0 bridgehead atoms. The van der Waals surface area contributed by atoms with E-state index in [0.717, 1.165) is 18.7 Å². The van der Waals surface area contributed by atoms with Crippen LogP contribution in [0.4, 0.5) is 4.39 Å². The molecule has 0 spiro atoms. The van der Waals surface area contributed by atoms with E-state index in [9.17, 15) is 4.39 Å². The monoisotopic (exact) mass is 266 g/mol. The largest absolute Gasteiger partial charge is 0.494 e. The van der Waals surface area contributed by atoms with Crippen molar-refractivity contribution in [3.63, 3.8) is 0 Å². The minimum atomic E-state index is -0.316. The molecule has 1 aromatic rings. The molecular formula is C15H23FN2O. The van der Waals surface area contributed by atoms with Crippen molar-refractivity contribution in [3.05, 3.63) is 29.6 Å². The molecule has 0 radical (unpaired) electrons. The molecule has 0 amide bonds. The van der Waals surface area contributed by atoms with Crippen molar-refractivity contribution in [2.24, 2.45) is 11.7 Å². The Balaban J connectivity index is 2.19. The average Bonchev–Trinajstić information content (AvgIpc) is 2.40. The van der Waals surface area contributed by atoms with Crippen LogP contribution in [-0.4, -0.2) is 31.6 Å². The van der Waals surface area contributed by atoms with Crippen molar-refractivity contribution < 1.29 is 9.13 Å². The van der Waals surface area contributed by atoms with E-state index >= 15 is 0 Å². The summed E-state index contributed by atoms with van der Waals surface area (Å²) in [5.74, 6) is 0.654. The molecule has 1 aliphatic heterocycles. The second-order valence-corrected chi connectivity index (χ2v) is 5.39. The first-order chi connectivity index (χ1) is 9.15. The lowest BCUT2D eigenvalue weighted by molar-refractivity contribution is 0.133. The van der Waals surface area contributed by atoms with Gasteiger partial charge in [0, 0.05) is 19.1 Å². The first kappa shape index (κ1) is 14.3. The molecule has 1 aliphatic rings. The molecule has 2 unspecified atom stereocenters. The van der Waals surface area contributed by atoms with Crippen LogP contribution in [0.1, 0.15) is 31.4 Å². The van der Waals surface area contributed by atoms with Gasteiger partial charge in [-0.05, 0) is 43.0 Å². The zero-order chi connectivity index (χ0) is 13.8. The van der Waals surface area contributed by atoms with Gasteiger partial charge in [-0.1, -0.05) is 13.0 Å². The SMILES string of the molecule is COc1ccc(C(CN)N2CCCC(C)C2)cc1F. The van der Waals surface area contributed by atoms with Crippen molar-refractivity contribution in [3.8, 4) is 5.75 Å². The lowest BCUT2D eigenvalue weighted by Gasteiger charge is -2.37. The Morgan fingerprint density at radius 2 is 2.32 bits per heavy atom. The summed E-state index contributed by atoms with van der Waals surface area (Å²) in [6, 6.07) is 5.25. The molecule has 2 rings (SSSR count). The fourth-order valence-corrected chi connectivity index (χ4v) is 2.89. The molecular weight excluding hydrogens is 243 g/mol. The second kappa shape index (κ2) is 6.35. The molecule has 1 aromatic carbocycles. The Morgan fingerprint density at radius 3 is 2.89 bits per heavy atom. The number of methoxy groups -OCH3 is 1. The van der Waals surface area contributed by atoms with Gasteiger partial charge in [-0.3, -0.25) is 4.90 Å². The Bertz CT molecular complexity index is 425. The molecule has 106 valence electrons. The highest BCUT2D eigenvalue weighted by molar-refractivity contribution is 5.31. The van der Waals surface area contributed by atoms with Crippen LogP contribution in [0, 0.1) is 11.7 Å². The molecule has 3 nitrogen and oxygen atoms in total. The molecule has 1 heterocycles. The molecule has 0 aromatic heterocycles. The molecule has 2 atom stereocenters. The van der Waals surface area contributed by atoms with E-state index < -0.39 is 0 Å². The second-order valence-electron chi connectivity index (χ2n) is 5.39. The first-order valence-corrected chi connectivity index (χ1v) is 6.93.